The van der Waals surface area contributed by atoms with E-state index in [9.17, 15) is 8.42 Å². The van der Waals surface area contributed by atoms with Crippen LogP contribution in [-0.2, 0) is 16.6 Å². The minimum absolute atomic E-state index is 0. The zero-order valence-electron chi connectivity index (χ0n) is 17.3. The third-order valence-electron chi connectivity index (χ3n) is 3.84. The summed E-state index contributed by atoms with van der Waals surface area (Å²) in [5.74, 6) is 1.92. The van der Waals surface area contributed by atoms with Crippen molar-refractivity contribution in [1.29, 1.82) is 0 Å². The molecule has 0 radical (unpaired) electrons. The van der Waals surface area contributed by atoms with Crippen LogP contribution in [0.15, 0.2) is 23.2 Å². The first-order chi connectivity index (χ1) is 12.7. The molecule has 9 heteroatoms. The fourth-order valence-corrected chi connectivity index (χ4v) is 2.80. The third-order valence-corrected chi connectivity index (χ3v) is 4.61. The molecular weight excluding hydrogens is 491 g/mol. The SMILES string of the molecule is CCNC(=NCc1ccc(C)cc1OCCCC(C)C)NCCS(N)(=O)=O.I. The first-order valence-corrected chi connectivity index (χ1v) is 11.2. The van der Waals surface area contributed by atoms with Crippen LogP contribution in [0.25, 0.3) is 0 Å². The standard InChI is InChI=1S/C19H34N4O3S.HI/c1-5-21-19(22-10-12-27(20,24)25)23-14-17-9-8-16(4)13-18(17)26-11-6-7-15(2)3;/h8-9,13,15H,5-7,10-12,14H2,1-4H3,(H2,20,24,25)(H2,21,22,23);1H. The largest absolute Gasteiger partial charge is 0.493 e. The first-order valence-electron chi connectivity index (χ1n) is 9.46. The van der Waals surface area contributed by atoms with Crippen molar-refractivity contribution in [3.8, 4) is 5.75 Å². The first kappa shape index (κ1) is 26.9. The number of primary sulfonamides is 1. The lowest BCUT2D eigenvalue weighted by Gasteiger charge is -2.14. The number of hydrogen-bond donors (Lipinski definition) is 3. The molecule has 7 nitrogen and oxygen atoms in total. The molecule has 0 bridgehead atoms. The minimum Gasteiger partial charge on any atom is -0.493 e. The number of aryl methyl sites for hydroxylation is 1. The summed E-state index contributed by atoms with van der Waals surface area (Å²) in [5, 5.41) is 11.1. The van der Waals surface area contributed by atoms with Gasteiger partial charge >= 0.3 is 0 Å². The number of guanidine groups is 1. The lowest BCUT2D eigenvalue weighted by molar-refractivity contribution is 0.295. The van der Waals surface area contributed by atoms with Gasteiger partial charge in [0.1, 0.15) is 5.75 Å². The topological polar surface area (TPSA) is 106 Å². The lowest BCUT2D eigenvalue weighted by Crippen LogP contribution is -2.40. The number of nitrogens with zero attached hydrogens (tertiary/aromatic N) is 1. The van der Waals surface area contributed by atoms with Gasteiger partial charge in [0.25, 0.3) is 0 Å². The predicted octanol–water partition coefficient (Wildman–Crippen LogP) is 2.77. The molecule has 0 saturated carbocycles. The number of ether oxygens (including phenoxy) is 1. The normalized spacial score (nSPS) is 11.9. The maximum absolute atomic E-state index is 11.1. The van der Waals surface area contributed by atoms with Gasteiger partial charge in [-0.3, -0.25) is 0 Å². The summed E-state index contributed by atoms with van der Waals surface area (Å²) < 4.78 is 28.1. The fourth-order valence-electron chi connectivity index (χ4n) is 2.42. The zero-order chi connectivity index (χ0) is 20.3. The van der Waals surface area contributed by atoms with E-state index in [4.69, 9.17) is 9.88 Å². The predicted molar refractivity (Wildman–Crippen MR) is 127 cm³/mol. The smallest absolute Gasteiger partial charge is 0.210 e. The molecule has 0 atom stereocenters. The van der Waals surface area contributed by atoms with Crippen molar-refractivity contribution in [1.82, 2.24) is 10.6 Å². The summed E-state index contributed by atoms with van der Waals surface area (Å²) in [7, 11) is -3.50. The molecule has 0 spiro atoms. The van der Waals surface area contributed by atoms with Crippen molar-refractivity contribution >= 4 is 40.0 Å². The van der Waals surface area contributed by atoms with Crippen LogP contribution in [0.3, 0.4) is 0 Å². The van der Waals surface area contributed by atoms with Crippen molar-refractivity contribution in [2.75, 3.05) is 25.4 Å². The summed E-state index contributed by atoms with van der Waals surface area (Å²) in [4.78, 5) is 4.53. The highest BCUT2D eigenvalue weighted by molar-refractivity contribution is 14.0. The van der Waals surface area contributed by atoms with E-state index in [1.54, 1.807) is 0 Å². The number of nitrogens with two attached hydrogens (primary N) is 1. The van der Waals surface area contributed by atoms with Crippen LogP contribution in [-0.4, -0.2) is 39.8 Å². The highest BCUT2D eigenvalue weighted by Crippen LogP contribution is 2.22. The number of rotatable bonds is 11. The summed E-state index contributed by atoms with van der Waals surface area (Å²) in [6.45, 7) is 10.4. The van der Waals surface area contributed by atoms with Gasteiger partial charge in [0.05, 0.1) is 18.9 Å². The molecule has 1 aromatic carbocycles. The number of nitrogens with one attached hydrogen (secondary N) is 2. The Morgan fingerprint density at radius 3 is 2.61 bits per heavy atom. The molecule has 0 fully saturated rings. The van der Waals surface area contributed by atoms with Gasteiger partial charge < -0.3 is 15.4 Å². The second kappa shape index (κ2) is 14.0. The summed E-state index contributed by atoms with van der Waals surface area (Å²) in [5.41, 5.74) is 2.13. The Morgan fingerprint density at radius 2 is 2.00 bits per heavy atom. The lowest BCUT2D eigenvalue weighted by atomic mass is 10.1. The van der Waals surface area contributed by atoms with Crippen LogP contribution in [0.5, 0.6) is 5.75 Å². The average molecular weight is 526 g/mol. The van der Waals surface area contributed by atoms with Crippen LogP contribution in [0, 0.1) is 12.8 Å². The van der Waals surface area contributed by atoms with Crippen molar-refractivity contribution in [2.24, 2.45) is 16.0 Å². The molecule has 1 rings (SSSR count). The Hall–Kier alpha value is -1.07. The molecule has 0 aromatic heterocycles. The van der Waals surface area contributed by atoms with E-state index in [1.807, 2.05) is 32.0 Å². The maximum atomic E-state index is 11.1. The second-order valence-corrected chi connectivity index (χ2v) is 8.72. The van der Waals surface area contributed by atoms with Crippen LogP contribution < -0.4 is 20.5 Å². The Labute approximate surface area is 187 Å². The third kappa shape index (κ3) is 12.4. The summed E-state index contributed by atoms with van der Waals surface area (Å²) >= 11 is 0. The van der Waals surface area contributed by atoms with Gasteiger partial charge in [-0.25, -0.2) is 18.5 Å². The Morgan fingerprint density at radius 1 is 1.29 bits per heavy atom. The molecule has 4 N–H and O–H groups in total. The summed E-state index contributed by atoms with van der Waals surface area (Å²) in [6, 6.07) is 6.08. The second-order valence-electron chi connectivity index (χ2n) is 6.98. The maximum Gasteiger partial charge on any atom is 0.210 e. The quantitative estimate of drug-likeness (QED) is 0.178. The van der Waals surface area contributed by atoms with E-state index in [-0.39, 0.29) is 36.3 Å². The number of hydrogen-bond acceptors (Lipinski definition) is 4. The molecular formula is C19H35IN4O3S. The number of halogens is 1. The van der Waals surface area contributed by atoms with E-state index in [0.717, 1.165) is 29.7 Å². The molecule has 0 heterocycles. The van der Waals surface area contributed by atoms with Gasteiger partial charge in [-0.05, 0) is 44.2 Å². The van der Waals surface area contributed by atoms with E-state index < -0.39 is 10.0 Å². The molecule has 28 heavy (non-hydrogen) atoms. The Kier molecular flexibility index (Phi) is 13.5. The fraction of sp³-hybridized carbons (Fsp3) is 0.632. The van der Waals surface area contributed by atoms with Gasteiger partial charge in [0.2, 0.25) is 10.0 Å². The van der Waals surface area contributed by atoms with Gasteiger partial charge in [-0.15, -0.1) is 24.0 Å². The van der Waals surface area contributed by atoms with Crippen molar-refractivity contribution in [3.63, 3.8) is 0 Å². The van der Waals surface area contributed by atoms with Crippen LogP contribution in [0.1, 0.15) is 44.7 Å². The number of aliphatic imine (C=N–C) groups is 1. The Balaban J connectivity index is 0.00000729. The Bertz CT molecular complexity index is 709. The van der Waals surface area contributed by atoms with Gasteiger partial charge in [0, 0.05) is 18.7 Å². The molecule has 0 aliphatic carbocycles. The van der Waals surface area contributed by atoms with Crippen LogP contribution >= 0.6 is 24.0 Å². The van der Waals surface area contributed by atoms with Crippen molar-refractivity contribution in [2.45, 2.75) is 47.1 Å². The molecule has 0 amide bonds. The van der Waals surface area contributed by atoms with Gasteiger partial charge in [0.15, 0.2) is 5.96 Å². The minimum atomic E-state index is -3.50. The monoisotopic (exact) mass is 526 g/mol. The molecule has 0 aliphatic rings. The van der Waals surface area contributed by atoms with Crippen LogP contribution in [0.4, 0.5) is 0 Å². The van der Waals surface area contributed by atoms with Gasteiger partial charge in [-0.2, -0.15) is 0 Å². The highest BCUT2D eigenvalue weighted by atomic mass is 127. The molecule has 0 saturated heterocycles. The zero-order valence-corrected chi connectivity index (χ0v) is 20.5. The highest BCUT2D eigenvalue weighted by Gasteiger charge is 2.07. The van der Waals surface area contributed by atoms with Crippen molar-refractivity contribution < 1.29 is 13.2 Å². The van der Waals surface area contributed by atoms with E-state index in [0.29, 0.717) is 31.6 Å². The van der Waals surface area contributed by atoms with E-state index in [1.165, 1.54) is 0 Å². The molecule has 162 valence electrons. The van der Waals surface area contributed by atoms with Gasteiger partial charge in [-0.1, -0.05) is 26.0 Å². The van der Waals surface area contributed by atoms with Crippen molar-refractivity contribution in [3.05, 3.63) is 29.3 Å². The van der Waals surface area contributed by atoms with Crippen LogP contribution in [0.2, 0.25) is 0 Å². The van der Waals surface area contributed by atoms with E-state index in [2.05, 4.69) is 29.5 Å². The molecule has 1 aromatic rings. The average Bonchev–Trinajstić information content (AvgIpc) is 2.56. The van der Waals surface area contributed by atoms with E-state index >= 15 is 0 Å². The summed E-state index contributed by atoms with van der Waals surface area (Å²) in [6.07, 6.45) is 2.16. The molecule has 0 unspecified atom stereocenters. The number of benzene rings is 1. The number of sulfonamides is 1. The molecule has 0 aliphatic heterocycles.